The Labute approximate surface area is 108 Å². The summed E-state index contributed by atoms with van der Waals surface area (Å²) in [6.45, 7) is -0.212. The van der Waals surface area contributed by atoms with Crippen LogP contribution < -0.4 is 0 Å². The second-order valence-electron chi connectivity index (χ2n) is 4.23. The zero-order valence-corrected chi connectivity index (χ0v) is 10.2. The van der Waals surface area contributed by atoms with E-state index in [2.05, 4.69) is 9.97 Å². The largest absolute Gasteiger partial charge is 0.394 e. The number of hydrogen-bond acceptors (Lipinski definition) is 5. The van der Waals surface area contributed by atoms with Crippen LogP contribution in [0.15, 0.2) is 18.6 Å². The van der Waals surface area contributed by atoms with Gasteiger partial charge in [0.15, 0.2) is 5.65 Å². The van der Waals surface area contributed by atoms with Crippen LogP contribution in [-0.4, -0.2) is 43.6 Å². The Bertz CT molecular complexity index is 574. The minimum Gasteiger partial charge on any atom is -0.394 e. The Hall–Kier alpha value is -1.21. The van der Waals surface area contributed by atoms with Crippen molar-refractivity contribution in [2.45, 2.75) is 24.9 Å². The molecule has 2 aromatic heterocycles. The van der Waals surface area contributed by atoms with Crippen LogP contribution in [0.25, 0.3) is 11.2 Å². The number of aliphatic hydroxyl groups excluding tert-OH is 2. The molecule has 18 heavy (non-hydrogen) atoms. The second-order valence-corrected chi connectivity index (χ2v) is 4.64. The van der Waals surface area contributed by atoms with Crippen molar-refractivity contribution in [3.63, 3.8) is 0 Å². The quantitative estimate of drug-likeness (QED) is 0.840. The summed E-state index contributed by atoms with van der Waals surface area (Å²) in [6.07, 6.45) is 1.92. The fourth-order valence-electron chi connectivity index (χ4n) is 2.20. The maximum Gasteiger partial charge on any atom is 0.179 e. The van der Waals surface area contributed by atoms with E-state index in [-0.39, 0.29) is 12.8 Å². The molecule has 1 aliphatic heterocycles. The molecular weight excluding hydrogens is 258 g/mol. The molecule has 2 N–H and O–H groups in total. The molecule has 0 unspecified atom stereocenters. The fraction of sp³-hybridized carbons (Fsp3) is 0.455. The van der Waals surface area contributed by atoms with Crippen molar-refractivity contribution in [2.75, 3.05) is 6.61 Å². The first-order valence-corrected chi connectivity index (χ1v) is 6.00. The molecule has 1 fully saturated rings. The van der Waals surface area contributed by atoms with Gasteiger partial charge in [-0.15, -0.1) is 0 Å². The van der Waals surface area contributed by atoms with Crippen molar-refractivity contribution < 1.29 is 14.9 Å². The number of aromatic nitrogens is 3. The molecule has 3 rings (SSSR count). The predicted molar refractivity (Wildman–Crippen MR) is 64.2 cm³/mol. The number of imidazole rings is 1. The highest BCUT2D eigenvalue weighted by atomic mass is 35.5. The highest BCUT2D eigenvalue weighted by Gasteiger charge is 2.35. The molecule has 1 saturated heterocycles. The molecule has 3 heterocycles. The normalized spacial score (nSPS) is 28.1. The topological polar surface area (TPSA) is 80.4 Å². The maximum atomic E-state index is 9.73. The van der Waals surface area contributed by atoms with E-state index < -0.39 is 12.2 Å². The minimum atomic E-state index is -0.687. The first-order valence-electron chi connectivity index (χ1n) is 5.62. The summed E-state index contributed by atoms with van der Waals surface area (Å²) >= 11 is 6.12. The second kappa shape index (κ2) is 4.47. The number of ether oxygens (including phenoxy) is 1. The first-order chi connectivity index (χ1) is 8.70. The van der Waals surface area contributed by atoms with Crippen molar-refractivity contribution in [1.82, 2.24) is 14.5 Å². The summed E-state index contributed by atoms with van der Waals surface area (Å²) in [5.41, 5.74) is 1.21. The number of fused-ring (bicyclic) bond motifs is 1. The third-order valence-corrected chi connectivity index (χ3v) is 3.42. The van der Waals surface area contributed by atoms with Crippen molar-refractivity contribution in [3.05, 3.63) is 23.6 Å². The molecule has 0 amide bonds. The molecule has 1 aliphatic rings. The Balaban J connectivity index is 2.01. The lowest BCUT2D eigenvalue weighted by Gasteiger charge is -2.14. The molecule has 0 aliphatic carbocycles. The molecule has 7 heteroatoms. The summed E-state index contributed by atoms with van der Waals surface area (Å²) in [5.74, 6) is 0. The maximum absolute atomic E-state index is 9.73. The molecule has 3 atom stereocenters. The third kappa shape index (κ3) is 1.78. The van der Waals surface area contributed by atoms with Gasteiger partial charge in [-0.25, -0.2) is 9.97 Å². The summed E-state index contributed by atoms with van der Waals surface area (Å²) < 4.78 is 7.31. The third-order valence-electron chi connectivity index (χ3n) is 3.11. The fourth-order valence-corrected chi connectivity index (χ4v) is 2.44. The van der Waals surface area contributed by atoms with Gasteiger partial charge in [0.2, 0.25) is 0 Å². The SMILES string of the molecule is OC[C@H]1O[C@@H](n2cnc3nccc(Cl)c32)C[C@@H]1O. The number of rotatable bonds is 2. The molecule has 2 aromatic rings. The summed E-state index contributed by atoms with van der Waals surface area (Å²) in [4.78, 5) is 8.25. The Kier molecular flexibility index (Phi) is 2.95. The zero-order chi connectivity index (χ0) is 12.7. The van der Waals surface area contributed by atoms with E-state index in [0.717, 1.165) is 0 Å². The molecule has 0 radical (unpaired) electrons. The van der Waals surface area contributed by atoms with Crippen LogP contribution in [0.4, 0.5) is 0 Å². The average molecular weight is 270 g/mol. The van der Waals surface area contributed by atoms with Crippen LogP contribution >= 0.6 is 11.6 Å². The Morgan fingerprint density at radius 1 is 1.50 bits per heavy atom. The lowest BCUT2D eigenvalue weighted by molar-refractivity contribution is -0.0430. The van der Waals surface area contributed by atoms with Crippen molar-refractivity contribution in [3.8, 4) is 0 Å². The van der Waals surface area contributed by atoms with Gasteiger partial charge >= 0.3 is 0 Å². The summed E-state index contributed by atoms with van der Waals surface area (Å²) in [5, 5.41) is 19.3. The predicted octanol–water partition coefficient (Wildman–Crippen LogP) is 0.725. The number of hydrogen-bond donors (Lipinski definition) is 2. The zero-order valence-electron chi connectivity index (χ0n) is 9.40. The van der Waals surface area contributed by atoms with E-state index in [1.165, 1.54) is 0 Å². The van der Waals surface area contributed by atoms with Crippen molar-refractivity contribution in [1.29, 1.82) is 0 Å². The Morgan fingerprint density at radius 3 is 3.06 bits per heavy atom. The number of aliphatic hydroxyl groups is 2. The smallest absolute Gasteiger partial charge is 0.179 e. The monoisotopic (exact) mass is 269 g/mol. The number of nitrogens with zero attached hydrogens (tertiary/aromatic N) is 3. The van der Waals surface area contributed by atoms with Crippen LogP contribution in [0.1, 0.15) is 12.6 Å². The van der Waals surface area contributed by atoms with Gasteiger partial charge in [-0.1, -0.05) is 11.6 Å². The summed E-state index contributed by atoms with van der Waals surface area (Å²) in [6, 6.07) is 1.68. The Morgan fingerprint density at radius 2 is 2.33 bits per heavy atom. The van der Waals surface area contributed by atoms with Gasteiger partial charge in [0.1, 0.15) is 17.8 Å². The molecule has 0 spiro atoms. The van der Waals surface area contributed by atoms with Crippen LogP contribution in [0.3, 0.4) is 0 Å². The molecule has 0 bridgehead atoms. The highest BCUT2D eigenvalue weighted by molar-refractivity contribution is 6.34. The average Bonchev–Trinajstić information content (AvgIpc) is 2.93. The van der Waals surface area contributed by atoms with Crippen LogP contribution in [0.5, 0.6) is 0 Å². The van der Waals surface area contributed by atoms with Crippen LogP contribution in [0.2, 0.25) is 5.02 Å². The first kappa shape index (κ1) is 11.9. The van der Waals surface area contributed by atoms with Gasteiger partial charge < -0.3 is 19.5 Å². The van der Waals surface area contributed by atoms with Gasteiger partial charge in [-0.05, 0) is 6.07 Å². The molecular formula is C11H12ClN3O3. The van der Waals surface area contributed by atoms with E-state index in [1.54, 1.807) is 23.2 Å². The van der Waals surface area contributed by atoms with E-state index in [9.17, 15) is 5.11 Å². The minimum absolute atomic E-state index is 0.212. The number of pyridine rings is 1. The van der Waals surface area contributed by atoms with E-state index in [0.29, 0.717) is 22.6 Å². The van der Waals surface area contributed by atoms with Gasteiger partial charge in [-0.2, -0.15) is 0 Å². The van der Waals surface area contributed by atoms with Gasteiger partial charge in [0.05, 0.1) is 24.1 Å². The van der Waals surface area contributed by atoms with Crippen LogP contribution in [-0.2, 0) is 4.74 Å². The number of halogens is 1. The van der Waals surface area contributed by atoms with E-state index in [1.807, 2.05) is 0 Å². The molecule has 6 nitrogen and oxygen atoms in total. The lowest BCUT2D eigenvalue weighted by Crippen LogP contribution is -2.24. The molecule has 0 saturated carbocycles. The summed E-state index contributed by atoms with van der Waals surface area (Å²) in [7, 11) is 0. The van der Waals surface area contributed by atoms with Gasteiger partial charge in [-0.3, -0.25) is 0 Å². The highest BCUT2D eigenvalue weighted by Crippen LogP contribution is 2.32. The van der Waals surface area contributed by atoms with E-state index in [4.69, 9.17) is 21.4 Å². The van der Waals surface area contributed by atoms with Crippen molar-refractivity contribution in [2.24, 2.45) is 0 Å². The molecule has 96 valence electrons. The van der Waals surface area contributed by atoms with Gasteiger partial charge in [0, 0.05) is 12.6 Å². The van der Waals surface area contributed by atoms with Crippen LogP contribution in [0, 0.1) is 0 Å². The van der Waals surface area contributed by atoms with E-state index >= 15 is 0 Å². The standard InChI is InChI=1S/C11H12ClN3O3/c12-6-1-2-13-11-10(6)15(5-14-11)9-3-7(17)8(4-16)18-9/h1-2,5,7-9,16-17H,3-4H2/t7-,8+,9+/m0/s1. The molecule has 0 aromatic carbocycles. The van der Waals surface area contributed by atoms with Gasteiger partial charge in [0.25, 0.3) is 0 Å². The lowest BCUT2D eigenvalue weighted by atomic mass is 10.2. The van der Waals surface area contributed by atoms with Crippen molar-refractivity contribution >= 4 is 22.8 Å².